The Morgan fingerprint density at radius 2 is 1.57 bits per heavy atom. The van der Waals surface area contributed by atoms with Crippen LogP contribution in [0.3, 0.4) is 0 Å². The maximum atomic E-state index is 12.2. The summed E-state index contributed by atoms with van der Waals surface area (Å²) in [7, 11) is 1.01. The Morgan fingerprint density at radius 3 is 2.04 bits per heavy atom. The molecule has 7 nitrogen and oxygen atoms in total. The van der Waals surface area contributed by atoms with Gasteiger partial charge in [0.05, 0.1) is 7.11 Å². The SMILES string of the molecule is COC(=O)C(N)(C(=O)OCc1ccccc1)C(=O)OC(C)(C)C. The lowest BCUT2D eigenvalue weighted by molar-refractivity contribution is -0.179. The minimum Gasteiger partial charge on any atom is -0.467 e. The molecule has 0 amide bonds. The topological polar surface area (TPSA) is 105 Å². The summed E-state index contributed by atoms with van der Waals surface area (Å²) < 4.78 is 14.5. The molecule has 0 spiro atoms. The number of methoxy groups -OCH3 is 1. The fourth-order valence-electron chi connectivity index (χ4n) is 1.61. The van der Waals surface area contributed by atoms with Crippen LogP contribution >= 0.6 is 0 Å². The Hall–Kier alpha value is -2.41. The highest BCUT2D eigenvalue weighted by Gasteiger charge is 2.55. The zero-order valence-electron chi connectivity index (χ0n) is 13.6. The highest BCUT2D eigenvalue weighted by molar-refractivity contribution is 6.23. The molecule has 0 saturated carbocycles. The number of ether oxygens (including phenoxy) is 3. The van der Waals surface area contributed by atoms with E-state index in [0.29, 0.717) is 5.56 Å². The summed E-state index contributed by atoms with van der Waals surface area (Å²) in [6.45, 7) is 4.60. The van der Waals surface area contributed by atoms with E-state index in [1.54, 1.807) is 51.1 Å². The van der Waals surface area contributed by atoms with E-state index in [2.05, 4.69) is 4.74 Å². The highest BCUT2D eigenvalue weighted by atomic mass is 16.6. The van der Waals surface area contributed by atoms with Crippen molar-refractivity contribution in [2.45, 2.75) is 38.5 Å². The van der Waals surface area contributed by atoms with Crippen LogP contribution in [-0.2, 0) is 35.2 Å². The van der Waals surface area contributed by atoms with Crippen molar-refractivity contribution in [3.8, 4) is 0 Å². The Kier molecular flexibility index (Phi) is 5.86. The predicted octanol–water partition coefficient (Wildman–Crippen LogP) is 0.942. The van der Waals surface area contributed by atoms with Gasteiger partial charge in [0.1, 0.15) is 12.2 Å². The van der Waals surface area contributed by atoms with Gasteiger partial charge >= 0.3 is 23.4 Å². The molecule has 0 radical (unpaired) electrons. The third kappa shape index (κ3) is 4.79. The summed E-state index contributed by atoms with van der Waals surface area (Å²) in [6, 6.07) is 8.75. The number of esters is 3. The van der Waals surface area contributed by atoms with Gasteiger partial charge < -0.3 is 14.2 Å². The number of carbonyl (C=O) groups is 3. The van der Waals surface area contributed by atoms with E-state index in [4.69, 9.17) is 15.2 Å². The van der Waals surface area contributed by atoms with Gasteiger partial charge in [0.25, 0.3) is 0 Å². The zero-order chi connectivity index (χ0) is 17.7. The van der Waals surface area contributed by atoms with Crippen LogP contribution in [0.2, 0.25) is 0 Å². The van der Waals surface area contributed by atoms with Crippen molar-refractivity contribution in [2.75, 3.05) is 7.11 Å². The van der Waals surface area contributed by atoms with E-state index in [1.165, 1.54) is 0 Å². The molecule has 0 fully saturated rings. The Balaban J connectivity index is 2.94. The summed E-state index contributed by atoms with van der Waals surface area (Å²) in [6.07, 6.45) is 0. The zero-order valence-corrected chi connectivity index (χ0v) is 13.6. The number of hydrogen-bond acceptors (Lipinski definition) is 7. The lowest BCUT2D eigenvalue weighted by atomic mass is 10.0. The molecule has 126 valence electrons. The number of nitrogens with two attached hydrogens (primary N) is 1. The van der Waals surface area contributed by atoms with Crippen molar-refractivity contribution in [1.82, 2.24) is 0 Å². The number of benzene rings is 1. The van der Waals surface area contributed by atoms with Crippen LogP contribution in [-0.4, -0.2) is 36.2 Å². The van der Waals surface area contributed by atoms with Crippen LogP contribution in [0.1, 0.15) is 26.3 Å². The maximum absolute atomic E-state index is 12.2. The fourth-order valence-corrected chi connectivity index (χ4v) is 1.61. The number of hydrogen-bond donors (Lipinski definition) is 1. The molecule has 1 atom stereocenters. The van der Waals surface area contributed by atoms with Crippen LogP contribution in [0.4, 0.5) is 0 Å². The second-order valence-corrected chi connectivity index (χ2v) is 5.86. The monoisotopic (exact) mass is 323 g/mol. The molecule has 1 aromatic carbocycles. The highest BCUT2D eigenvalue weighted by Crippen LogP contribution is 2.17. The van der Waals surface area contributed by atoms with Gasteiger partial charge in [0.2, 0.25) is 0 Å². The molecule has 0 heterocycles. The molecule has 0 aliphatic rings. The average molecular weight is 323 g/mol. The Labute approximate surface area is 134 Å². The van der Waals surface area contributed by atoms with Crippen molar-refractivity contribution in [3.05, 3.63) is 35.9 Å². The first-order valence-electron chi connectivity index (χ1n) is 6.93. The third-order valence-electron chi connectivity index (χ3n) is 2.76. The second-order valence-electron chi connectivity index (χ2n) is 5.86. The van der Waals surface area contributed by atoms with Gasteiger partial charge in [0, 0.05) is 0 Å². The molecule has 0 saturated heterocycles. The van der Waals surface area contributed by atoms with E-state index >= 15 is 0 Å². The standard InChI is InChI=1S/C16H21NO6/c1-15(2,3)23-14(20)16(17,12(18)21-4)13(19)22-10-11-8-6-5-7-9-11/h5-9H,10,17H2,1-4H3. The van der Waals surface area contributed by atoms with Gasteiger partial charge in [-0.3, -0.25) is 5.73 Å². The number of carbonyl (C=O) groups excluding carboxylic acids is 3. The van der Waals surface area contributed by atoms with Gasteiger partial charge in [-0.15, -0.1) is 0 Å². The lowest BCUT2D eigenvalue weighted by Gasteiger charge is -2.27. The molecule has 7 heteroatoms. The second kappa shape index (κ2) is 7.23. The molecule has 2 N–H and O–H groups in total. The molecular weight excluding hydrogens is 302 g/mol. The minimum absolute atomic E-state index is 0.140. The van der Waals surface area contributed by atoms with E-state index in [0.717, 1.165) is 7.11 Å². The molecule has 0 aliphatic carbocycles. The van der Waals surface area contributed by atoms with Crippen LogP contribution < -0.4 is 5.73 Å². The normalized spacial score (nSPS) is 13.6. The predicted molar refractivity (Wildman–Crippen MR) is 81.0 cm³/mol. The van der Waals surface area contributed by atoms with Crippen molar-refractivity contribution < 1.29 is 28.6 Å². The van der Waals surface area contributed by atoms with E-state index in [1.807, 2.05) is 0 Å². The van der Waals surface area contributed by atoms with E-state index < -0.39 is 29.0 Å². The Morgan fingerprint density at radius 1 is 1.00 bits per heavy atom. The van der Waals surface area contributed by atoms with Crippen LogP contribution in [0, 0.1) is 0 Å². The van der Waals surface area contributed by atoms with Crippen molar-refractivity contribution in [3.63, 3.8) is 0 Å². The summed E-state index contributed by atoms with van der Waals surface area (Å²) in [4.78, 5) is 36.3. The van der Waals surface area contributed by atoms with Crippen LogP contribution in [0.25, 0.3) is 0 Å². The van der Waals surface area contributed by atoms with Gasteiger partial charge in [-0.2, -0.15) is 0 Å². The largest absolute Gasteiger partial charge is 0.467 e. The maximum Gasteiger partial charge on any atom is 0.350 e. The minimum atomic E-state index is -2.67. The molecule has 1 aromatic rings. The molecule has 1 unspecified atom stereocenters. The molecule has 1 rings (SSSR count). The smallest absolute Gasteiger partial charge is 0.350 e. The summed E-state index contributed by atoms with van der Waals surface area (Å²) in [5.74, 6) is -3.71. The Bertz CT molecular complexity index is 578. The average Bonchev–Trinajstić information content (AvgIpc) is 2.50. The van der Waals surface area contributed by atoms with Crippen LogP contribution in [0.5, 0.6) is 0 Å². The van der Waals surface area contributed by atoms with Crippen LogP contribution in [0.15, 0.2) is 30.3 Å². The fraction of sp³-hybridized carbons (Fsp3) is 0.438. The van der Waals surface area contributed by atoms with Gasteiger partial charge in [-0.05, 0) is 26.3 Å². The van der Waals surface area contributed by atoms with Crippen molar-refractivity contribution in [2.24, 2.45) is 5.73 Å². The lowest BCUT2D eigenvalue weighted by Crippen LogP contribution is -2.63. The summed E-state index contributed by atoms with van der Waals surface area (Å²) in [5.41, 5.74) is 2.76. The molecule has 0 bridgehead atoms. The molecule has 0 aromatic heterocycles. The van der Waals surface area contributed by atoms with E-state index in [-0.39, 0.29) is 6.61 Å². The van der Waals surface area contributed by atoms with Gasteiger partial charge in [0.15, 0.2) is 0 Å². The molecule has 0 aliphatic heterocycles. The van der Waals surface area contributed by atoms with E-state index in [9.17, 15) is 14.4 Å². The third-order valence-corrected chi connectivity index (χ3v) is 2.76. The first-order chi connectivity index (χ1) is 10.6. The summed E-state index contributed by atoms with van der Waals surface area (Å²) >= 11 is 0. The van der Waals surface area contributed by atoms with Crippen molar-refractivity contribution in [1.29, 1.82) is 0 Å². The first-order valence-corrected chi connectivity index (χ1v) is 6.93. The molecule has 23 heavy (non-hydrogen) atoms. The van der Waals surface area contributed by atoms with Gasteiger partial charge in [-0.25, -0.2) is 14.4 Å². The first kappa shape index (κ1) is 18.6. The quantitative estimate of drug-likeness (QED) is 0.488. The van der Waals surface area contributed by atoms with Crippen molar-refractivity contribution >= 4 is 17.9 Å². The van der Waals surface area contributed by atoms with Gasteiger partial charge in [-0.1, -0.05) is 30.3 Å². The molecular formula is C16H21NO6. The number of rotatable bonds is 5. The summed E-state index contributed by atoms with van der Waals surface area (Å²) in [5, 5.41) is 0.